The number of ether oxygens (including phenoxy) is 2. The third kappa shape index (κ3) is 4.82. The number of H-pyrrole nitrogens is 1. The van der Waals surface area contributed by atoms with Crippen LogP contribution in [0.2, 0.25) is 0 Å². The highest BCUT2D eigenvalue weighted by molar-refractivity contribution is 6.00. The molecule has 2 N–H and O–H groups in total. The van der Waals surface area contributed by atoms with Gasteiger partial charge < -0.3 is 19.5 Å². The van der Waals surface area contributed by atoms with Gasteiger partial charge in [0, 0.05) is 31.4 Å². The van der Waals surface area contributed by atoms with Crippen molar-refractivity contribution in [1.82, 2.24) is 15.1 Å². The van der Waals surface area contributed by atoms with Gasteiger partial charge in [0.15, 0.2) is 0 Å². The molecule has 1 unspecified atom stereocenters. The van der Waals surface area contributed by atoms with E-state index >= 15 is 0 Å². The molecule has 1 aromatic heterocycles. The second kappa shape index (κ2) is 10.5. The molecule has 0 saturated heterocycles. The summed E-state index contributed by atoms with van der Waals surface area (Å²) >= 11 is 0. The first kappa shape index (κ1) is 24.6. The van der Waals surface area contributed by atoms with Crippen molar-refractivity contribution in [2.45, 2.75) is 32.9 Å². The molecule has 1 amide bonds. The van der Waals surface area contributed by atoms with Crippen LogP contribution in [0.1, 0.15) is 50.8 Å². The topological polar surface area (TPSA) is 87.7 Å². The smallest absolute Gasteiger partial charge is 0.273 e. The van der Waals surface area contributed by atoms with Crippen LogP contribution < -0.4 is 4.74 Å². The molecule has 7 heteroatoms. The monoisotopic (exact) mass is 497 g/mol. The molecular weight excluding hydrogens is 466 g/mol. The van der Waals surface area contributed by atoms with Gasteiger partial charge >= 0.3 is 0 Å². The van der Waals surface area contributed by atoms with Crippen LogP contribution in [0.3, 0.4) is 0 Å². The molecule has 4 aromatic rings. The third-order valence-electron chi connectivity index (χ3n) is 6.92. The first-order valence-corrected chi connectivity index (χ1v) is 12.4. The maximum absolute atomic E-state index is 13.5. The fourth-order valence-corrected chi connectivity index (χ4v) is 4.84. The van der Waals surface area contributed by atoms with Crippen LogP contribution in [-0.2, 0) is 11.3 Å². The Morgan fingerprint density at radius 1 is 1.03 bits per heavy atom. The molecule has 3 aromatic carbocycles. The number of nitrogens with one attached hydrogen (secondary N) is 1. The zero-order valence-electron chi connectivity index (χ0n) is 21.3. The predicted octanol–water partition coefficient (Wildman–Crippen LogP) is 5.56. The summed E-state index contributed by atoms with van der Waals surface area (Å²) in [5, 5.41) is 18.2. The Kier molecular flexibility index (Phi) is 6.97. The van der Waals surface area contributed by atoms with Gasteiger partial charge in [0.2, 0.25) is 0 Å². The SMILES string of the molecule is COCCCN1C(=O)c2[nH]nc(-c3cc(C)c(C)cc3O)c2C1c1ccc(OCc2ccccc2)cc1. The summed E-state index contributed by atoms with van der Waals surface area (Å²) in [6.45, 7) is 5.52. The minimum atomic E-state index is -0.350. The third-order valence-corrected chi connectivity index (χ3v) is 6.92. The summed E-state index contributed by atoms with van der Waals surface area (Å²) < 4.78 is 11.2. The Morgan fingerprint density at radius 3 is 2.49 bits per heavy atom. The van der Waals surface area contributed by atoms with E-state index in [9.17, 15) is 9.90 Å². The molecule has 1 aliphatic rings. The lowest BCUT2D eigenvalue weighted by Crippen LogP contribution is -2.31. The van der Waals surface area contributed by atoms with Gasteiger partial charge in [0.1, 0.15) is 29.5 Å². The number of fused-ring (bicyclic) bond motifs is 1. The standard InChI is InChI=1S/C30H31N3O4/c1-19-16-24(25(34)17-20(19)2)27-26-28(32-31-27)30(35)33(14-7-15-36-3)29(26)22-10-12-23(13-11-22)37-18-21-8-5-4-6-9-21/h4-6,8-13,16-17,29,34H,7,14-15,18H2,1-3H3,(H,31,32). The number of aromatic hydroxyl groups is 1. The summed E-state index contributed by atoms with van der Waals surface area (Å²) in [7, 11) is 1.66. The largest absolute Gasteiger partial charge is 0.507 e. The predicted molar refractivity (Wildman–Crippen MR) is 142 cm³/mol. The van der Waals surface area contributed by atoms with Crippen molar-refractivity contribution in [3.8, 4) is 22.8 Å². The van der Waals surface area contributed by atoms with Gasteiger partial charge in [-0.15, -0.1) is 0 Å². The number of carbonyl (C=O) groups excluding carboxylic acids is 1. The number of rotatable bonds is 9. The number of methoxy groups -OCH3 is 1. The van der Waals surface area contributed by atoms with E-state index in [2.05, 4.69) is 10.2 Å². The van der Waals surface area contributed by atoms with Crippen LogP contribution in [-0.4, -0.2) is 46.4 Å². The first-order chi connectivity index (χ1) is 18.0. The maximum atomic E-state index is 13.5. The molecule has 1 atom stereocenters. The number of hydrogen-bond acceptors (Lipinski definition) is 5. The van der Waals surface area contributed by atoms with Crippen molar-refractivity contribution < 1.29 is 19.4 Å². The molecule has 0 radical (unpaired) electrons. The van der Waals surface area contributed by atoms with Crippen LogP contribution in [0.25, 0.3) is 11.3 Å². The van der Waals surface area contributed by atoms with Crippen molar-refractivity contribution in [3.63, 3.8) is 0 Å². The van der Waals surface area contributed by atoms with E-state index in [0.717, 1.165) is 33.6 Å². The molecule has 5 rings (SSSR count). The molecule has 0 aliphatic carbocycles. The number of aryl methyl sites for hydroxylation is 2. The van der Waals surface area contributed by atoms with Gasteiger partial charge in [0.05, 0.1) is 6.04 Å². The molecule has 0 bridgehead atoms. The maximum Gasteiger partial charge on any atom is 0.273 e. The Morgan fingerprint density at radius 2 is 1.76 bits per heavy atom. The Hall–Kier alpha value is -4.10. The van der Waals surface area contributed by atoms with Gasteiger partial charge in [-0.3, -0.25) is 9.89 Å². The average molecular weight is 498 g/mol. The van der Waals surface area contributed by atoms with Crippen LogP contribution in [0.5, 0.6) is 11.5 Å². The Bertz CT molecular complexity index is 1400. The second-order valence-corrected chi connectivity index (χ2v) is 9.41. The van der Waals surface area contributed by atoms with Crippen molar-refractivity contribution >= 4 is 5.91 Å². The van der Waals surface area contributed by atoms with Gasteiger partial charge in [-0.05, 0) is 66.8 Å². The highest BCUT2D eigenvalue weighted by atomic mass is 16.5. The first-order valence-electron chi connectivity index (χ1n) is 12.4. The number of amides is 1. The van der Waals surface area contributed by atoms with E-state index < -0.39 is 0 Å². The lowest BCUT2D eigenvalue weighted by atomic mass is 9.94. The summed E-state index contributed by atoms with van der Waals surface area (Å²) in [5.74, 6) is 0.788. The van der Waals surface area contributed by atoms with E-state index in [1.54, 1.807) is 13.2 Å². The normalized spacial score (nSPS) is 14.7. The number of nitrogens with zero attached hydrogens (tertiary/aromatic N) is 2. The highest BCUT2D eigenvalue weighted by Gasteiger charge is 2.42. The van der Waals surface area contributed by atoms with Gasteiger partial charge in [-0.25, -0.2) is 0 Å². The summed E-state index contributed by atoms with van der Waals surface area (Å²) in [6.07, 6.45) is 0.707. The molecule has 37 heavy (non-hydrogen) atoms. The van der Waals surface area contributed by atoms with Gasteiger partial charge in [0.25, 0.3) is 5.91 Å². The van der Waals surface area contributed by atoms with E-state index in [4.69, 9.17) is 9.47 Å². The molecule has 2 heterocycles. The number of hydrogen-bond donors (Lipinski definition) is 2. The van der Waals surface area contributed by atoms with Crippen molar-refractivity contribution in [1.29, 1.82) is 0 Å². The summed E-state index contributed by atoms with van der Waals surface area (Å²) in [4.78, 5) is 15.3. The molecule has 0 fully saturated rings. The molecule has 190 valence electrons. The van der Waals surface area contributed by atoms with E-state index in [-0.39, 0.29) is 17.7 Å². The average Bonchev–Trinajstić information content (AvgIpc) is 3.45. The number of phenols is 1. The molecule has 1 aliphatic heterocycles. The van der Waals surface area contributed by atoms with E-state index in [0.29, 0.717) is 43.1 Å². The number of aromatic amines is 1. The molecule has 7 nitrogen and oxygen atoms in total. The van der Waals surface area contributed by atoms with Gasteiger partial charge in [-0.1, -0.05) is 42.5 Å². The van der Waals surface area contributed by atoms with E-state index in [1.807, 2.05) is 79.4 Å². The minimum absolute atomic E-state index is 0.109. The molecule has 0 spiro atoms. The molecule has 0 saturated carbocycles. The zero-order valence-corrected chi connectivity index (χ0v) is 21.3. The van der Waals surface area contributed by atoms with Crippen molar-refractivity contribution in [3.05, 3.63) is 100 Å². The number of benzene rings is 3. The molecular formula is C30H31N3O4. The van der Waals surface area contributed by atoms with Crippen molar-refractivity contribution in [2.24, 2.45) is 0 Å². The number of aromatic nitrogens is 2. The van der Waals surface area contributed by atoms with Crippen LogP contribution in [0, 0.1) is 13.8 Å². The number of phenolic OH excluding ortho intramolecular Hbond substituents is 1. The van der Waals surface area contributed by atoms with Crippen LogP contribution in [0.4, 0.5) is 0 Å². The minimum Gasteiger partial charge on any atom is -0.507 e. The summed E-state index contributed by atoms with van der Waals surface area (Å²) in [6, 6.07) is 21.2. The Labute approximate surface area is 216 Å². The lowest BCUT2D eigenvalue weighted by Gasteiger charge is -2.26. The zero-order chi connectivity index (χ0) is 25.9. The number of carbonyl (C=O) groups is 1. The van der Waals surface area contributed by atoms with E-state index in [1.165, 1.54) is 0 Å². The van der Waals surface area contributed by atoms with Crippen molar-refractivity contribution in [2.75, 3.05) is 20.3 Å². The fraction of sp³-hybridized carbons (Fsp3) is 0.267. The fourth-order valence-electron chi connectivity index (χ4n) is 4.84. The Balaban J connectivity index is 1.50. The van der Waals surface area contributed by atoms with Gasteiger partial charge in [-0.2, -0.15) is 5.10 Å². The summed E-state index contributed by atoms with van der Waals surface area (Å²) in [5.41, 5.74) is 6.52. The quantitative estimate of drug-likeness (QED) is 0.296. The van der Waals surface area contributed by atoms with Crippen LogP contribution in [0.15, 0.2) is 66.7 Å². The van der Waals surface area contributed by atoms with Crippen LogP contribution >= 0.6 is 0 Å². The second-order valence-electron chi connectivity index (χ2n) is 9.41. The highest BCUT2D eigenvalue weighted by Crippen LogP contribution is 2.45. The lowest BCUT2D eigenvalue weighted by molar-refractivity contribution is 0.0723.